The molecule has 0 saturated carbocycles. The summed E-state index contributed by atoms with van der Waals surface area (Å²) in [5.41, 5.74) is 1.67. The third kappa shape index (κ3) is 3.34. The molecule has 39 heavy (non-hydrogen) atoms. The maximum atomic E-state index is 9.40. The van der Waals surface area contributed by atoms with Gasteiger partial charge in [-0.15, -0.1) is 0 Å². The van der Waals surface area contributed by atoms with E-state index in [0.717, 1.165) is 21.9 Å². The molecule has 1 nitrogen and oxygen atoms in total. The van der Waals surface area contributed by atoms with Crippen LogP contribution in [0.3, 0.4) is 0 Å². The third-order valence-corrected chi connectivity index (χ3v) is 7.13. The van der Waals surface area contributed by atoms with Gasteiger partial charge < -0.3 is 4.42 Å². The first-order chi connectivity index (χ1) is 24.0. The van der Waals surface area contributed by atoms with Crippen LogP contribution < -0.4 is 0 Å². The Bertz CT molecular complexity index is 2680. The van der Waals surface area contributed by atoms with E-state index >= 15 is 0 Å². The molecule has 8 rings (SSSR count). The molecule has 7 aromatic carbocycles. The predicted molar refractivity (Wildman–Crippen MR) is 165 cm³/mol. The summed E-state index contributed by atoms with van der Waals surface area (Å²) in [6.07, 6.45) is 0. The first-order valence-corrected chi connectivity index (χ1v) is 12.5. The van der Waals surface area contributed by atoms with E-state index < -0.39 is 66.5 Å². The summed E-state index contributed by atoms with van der Waals surface area (Å²) in [7, 11) is 0. The summed E-state index contributed by atoms with van der Waals surface area (Å²) < 4.78 is 102. The lowest BCUT2D eigenvalue weighted by Crippen LogP contribution is -1.93. The van der Waals surface area contributed by atoms with Gasteiger partial charge in [-0.3, -0.25) is 0 Å². The van der Waals surface area contributed by atoms with Crippen molar-refractivity contribution in [2.24, 2.45) is 0 Å². The van der Waals surface area contributed by atoms with Crippen molar-refractivity contribution in [3.05, 3.63) is 145 Å². The van der Waals surface area contributed by atoms with Gasteiger partial charge in [0.15, 0.2) is 0 Å². The number of furan rings is 1. The molecule has 0 unspecified atom stereocenters. The molecule has 1 heteroatoms. The molecule has 1 heterocycles. The smallest absolute Gasteiger partial charge is 0.136 e. The summed E-state index contributed by atoms with van der Waals surface area (Å²) in [5.74, 6) is 0. The number of para-hydroxylation sites is 1. The molecule has 0 fully saturated rings. The third-order valence-electron chi connectivity index (χ3n) is 7.13. The van der Waals surface area contributed by atoms with E-state index in [2.05, 4.69) is 0 Å². The molecule has 0 aliphatic carbocycles. The Morgan fingerprint density at radius 3 is 1.69 bits per heavy atom. The Morgan fingerprint density at radius 2 is 1.00 bits per heavy atom. The molecular weight excluding hydrogens is 472 g/mol. The van der Waals surface area contributed by atoms with E-state index in [4.69, 9.17) is 18.1 Å². The van der Waals surface area contributed by atoms with Gasteiger partial charge in [0.1, 0.15) is 11.2 Å². The second kappa shape index (κ2) is 8.72. The molecule has 0 bridgehead atoms. The van der Waals surface area contributed by atoms with Gasteiger partial charge in [0.05, 0.1) is 15.1 Å². The monoisotopic (exact) mass is 507 g/mol. The number of benzene rings is 7. The molecule has 182 valence electrons. The highest BCUT2D eigenvalue weighted by molar-refractivity contribution is 6.27. The molecule has 0 saturated heterocycles. The van der Waals surface area contributed by atoms with Crippen LogP contribution in [-0.4, -0.2) is 0 Å². The van der Waals surface area contributed by atoms with Crippen molar-refractivity contribution in [3.63, 3.8) is 0 Å². The lowest BCUT2D eigenvalue weighted by Gasteiger charge is -2.20. The van der Waals surface area contributed by atoms with E-state index in [9.17, 15) is 1.37 Å². The number of rotatable bonds is 3. The molecule has 0 spiro atoms. The van der Waals surface area contributed by atoms with Crippen LogP contribution in [0.1, 0.15) is 15.1 Å². The van der Waals surface area contributed by atoms with Gasteiger partial charge in [0.2, 0.25) is 0 Å². The average molecular weight is 508 g/mol. The van der Waals surface area contributed by atoms with Gasteiger partial charge in [-0.1, -0.05) is 133 Å². The average Bonchev–Trinajstić information content (AvgIpc) is 3.54. The number of hydrogen-bond donors (Lipinski definition) is 0. The zero-order valence-electron chi connectivity index (χ0n) is 31.4. The van der Waals surface area contributed by atoms with Gasteiger partial charge in [-0.05, 0) is 61.4 Å². The van der Waals surface area contributed by atoms with Gasteiger partial charge in [-0.2, -0.15) is 0 Å². The van der Waals surface area contributed by atoms with Crippen molar-refractivity contribution >= 4 is 43.5 Å². The summed E-state index contributed by atoms with van der Waals surface area (Å²) in [4.78, 5) is 0. The van der Waals surface area contributed by atoms with Crippen LogP contribution in [0.4, 0.5) is 0 Å². The molecule has 0 aliphatic heterocycles. The van der Waals surface area contributed by atoms with Crippen molar-refractivity contribution in [2.45, 2.75) is 0 Å². The van der Waals surface area contributed by atoms with Crippen molar-refractivity contribution in [2.75, 3.05) is 0 Å². The topological polar surface area (TPSA) is 13.1 Å². The Balaban J connectivity index is 1.74. The molecule has 0 radical (unpaired) electrons. The first kappa shape index (κ1) is 13.6. The largest absolute Gasteiger partial charge is 0.456 e. The highest BCUT2D eigenvalue weighted by Gasteiger charge is 2.23. The van der Waals surface area contributed by atoms with E-state index in [1.807, 2.05) is 78.9 Å². The SMILES string of the molecule is [2H]c1c([2H])c([2H])c(-c2c([2H])c([2H])c3oc4c([2H])c([2H])c([2H])c([2H])c4c3c2-c2c3ccccc3c(-c3ccccc3)c3ccccc23)c([2H])c1[2H]. The molecule has 0 N–H and O–H groups in total. The van der Waals surface area contributed by atoms with Crippen LogP contribution in [0.2, 0.25) is 0 Å². The molecule has 1 aromatic heterocycles. The van der Waals surface area contributed by atoms with Crippen molar-refractivity contribution in [3.8, 4) is 33.4 Å². The van der Waals surface area contributed by atoms with Crippen LogP contribution in [-0.2, 0) is 0 Å². The first-order valence-electron chi connectivity index (χ1n) is 18.0. The van der Waals surface area contributed by atoms with Crippen molar-refractivity contribution in [1.82, 2.24) is 0 Å². The van der Waals surface area contributed by atoms with E-state index in [0.29, 0.717) is 16.3 Å². The second-order valence-electron chi connectivity index (χ2n) is 9.22. The minimum Gasteiger partial charge on any atom is -0.456 e. The Morgan fingerprint density at radius 1 is 0.410 bits per heavy atom. The Hall–Kier alpha value is -5.14. The minimum absolute atomic E-state index is 0.0385. The normalized spacial score (nSPS) is 15.5. The molecule has 8 aromatic rings. The summed E-state index contributed by atoms with van der Waals surface area (Å²) in [5, 5.41) is 3.01. The summed E-state index contributed by atoms with van der Waals surface area (Å²) in [6, 6.07) is 19.0. The summed E-state index contributed by atoms with van der Waals surface area (Å²) >= 11 is 0. The lowest BCUT2D eigenvalue weighted by atomic mass is 9.82. The van der Waals surface area contributed by atoms with Crippen LogP contribution in [0.25, 0.3) is 76.9 Å². The number of hydrogen-bond acceptors (Lipinski definition) is 1. The maximum Gasteiger partial charge on any atom is 0.136 e. The Labute approximate surface area is 242 Å². The molecular formula is C38H24O. The summed E-state index contributed by atoms with van der Waals surface area (Å²) in [6.45, 7) is 0. The fourth-order valence-electron chi connectivity index (χ4n) is 5.58. The minimum atomic E-state index is -0.619. The van der Waals surface area contributed by atoms with Gasteiger partial charge in [-0.25, -0.2) is 0 Å². The van der Waals surface area contributed by atoms with Crippen LogP contribution in [0, 0.1) is 0 Å². The standard InChI is InChI=1S/C38H24O/c1-3-13-25(14-4-1)27-23-24-34-37(32-21-11-12-22-33(32)39-34)38(27)36-30-19-9-7-17-28(30)35(26-15-5-2-6-16-26)29-18-8-10-20-31(29)36/h1-24H/i1D,3D,4D,11D,12D,13D,14D,21D,22D,23D,24D. The maximum absolute atomic E-state index is 9.40. The molecule has 0 atom stereocenters. The van der Waals surface area contributed by atoms with E-state index in [1.54, 1.807) is 0 Å². The zero-order valence-corrected chi connectivity index (χ0v) is 20.4. The van der Waals surface area contributed by atoms with Gasteiger partial charge in [0, 0.05) is 16.3 Å². The quantitative estimate of drug-likeness (QED) is 0.217. The van der Waals surface area contributed by atoms with Gasteiger partial charge >= 0.3 is 0 Å². The number of fused-ring (bicyclic) bond motifs is 5. The highest BCUT2D eigenvalue weighted by atomic mass is 16.3. The fourth-order valence-corrected chi connectivity index (χ4v) is 5.58. The Kier molecular flexibility index (Phi) is 3.04. The van der Waals surface area contributed by atoms with E-state index in [1.165, 1.54) is 0 Å². The zero-order chi connectivity index (χ0) is 35.3. The van der Waals surface area contributed by atoms with E-state index in [-0.39, 0.29) is 38.6 Å². The highest BCUT2D eigenvalue weighted by Crippen LogP contribution is 2.49. The van der Waals surface area contributed by atoms with Crippen molar-refractivity contribution < 1.29 is 19.5 Å². The molecule has 0 amide bonds. The van der Waals surface area contributed by atoms with Crippen LogP contribution in [0.15, 0.2) is 150 Å². The fraction of sp³-hybridized carbons (Fsp3) is 0. The van der Waals surface area contributed by atoms with Crippen molar-refractivity contribution in [1.29, 1.82) is 0 Å². The lowest BCUT2D eigenvalue weighted by molar-refractivity contribution is 0.669. The van der Waals surface area contributed by atoms with Crippen LogP contribution in [0.5, 0.6) is 0 Å². The molecule has 0 aliphatic rings. The second-order valence-corrected chi connectivity index (χ2v) is 9.22. The predicted octanol–water partition coefficient (Wildman–Crippen LogP) is 10.9. The van der Waals surface area contributed by atoms with Gasteiger partial charge in [0.25, 0.3) is 0 Å². The van der Waals surface area contributed by atoms with Crippen LogP contribution >= 0.6 is 0 Å².